The number of benzene rings is 2. The Morgan fingerprint density at radius 3 is 2.67 bits per heavy atom. The maximum Gasteiger partial charge on any atom is 0.274 e. The van der Waals surface area contributed by atoms with E-state index in [1.54, 1.807) is 11.3 Å². The first-order chi connectivity index (χ1) is 14.6. The molecule has 2 aromatic carbocycles. The number of piperidine rings is 1. The standard InChI is InChI=1S/C24H28N2O2S2/c1-17-8-10-20(11-9-17)29-16-4-7-22(27)26-14-12-19(13-15-26)28-24-25-23-18(2)5-3-6-21(23)30-24/h3,5-6,8-11,19H,4,7,12-16H2,1-2H3. The topological polar surface area (TPSA) is 42.4 Å². The van der Waals surface area contributed by atoms with Gasteiger partial charge < -0.3 is 9.64 Å². The van der Waals surface area contributed by atoms with Crippen molar-refractivity contribution in [3.05, 3.63) is 53.6 Å². The second kappa shape index (κ2) is 9.84. The van der Waals surface area contributed by atoms with Crippen LogP contribution >= 0.6 is 23.1 Å². The van der Waals surface area contributed by atoms with Crippen molar-refractivity contribution in [1.82, 2.24) is 9.88 Å². The van der Waals surface area contributed by atoms with E-state index < -0.39 is 0 Å². The average molecular weight is 441 g/mol. The van der Waals surface area contributed by atoms with Crippen LogP contribution in [-0.2, 0) is 4.79 Å². The van der Waals surface area contributed by atoms with Gasteiger partial charge >= 0.3 is 0 Å². The van der Waals surface area contributed by atoms with Crippen molar-refractivity contribution < 1.29 is 9.53 Å². The van der Waals surface area contributed by atoms with E-state index in [9.17, 15) is 4.79 Å². The molecule has 158 valence electrons. The van der Waals surface area contributed by atoms with Crippen LogP contribution in [0.4, 0.5) is 0 Å². The highest BCUT2D eigenvalue weighted by Gasteiger charge is 2.24. The predicted molar refractivity (Wildman–Crippen MR) is 126 cm³/mol. The Balaban J connectivity index is 1.18. The number of aryl methyl sites for hydroxylation is 2. The van der Waals surface area contributed by atoms with E-state index in [4.69, 9.17) is 4.74 Å². The molecule has 0 N–H and O–H groups in total. The van der Waals surface area contributed by atoms with Gasteiger partial charge in [-0.25, -0.2) is 4.98 Å². The molecule has 0 saturated carbocycles. The molecule has 0 bridgehead atoms. The number of rotatable bonds is 7. The zero-order valence-corrected chi connectivity index (χ0v) is 19.2. The van der Waals surface area contributed by atoms with E-state index >= 15 is 0 Å². The summed E-state index contributed by atoms with van der Waals surface area (Å²) in [6.07, 6.45) is 3.43. The summed E-state index contributed by atoms with van der Waals surface area (Å²) in [7, 11) is 0. The highest BCUT2D eigenvalue weighted by atomic mass is 32.2. The van der Waals surface area contributed by atoms with Crippen LogP contribution in [0, 0.1) is 13.8 Å². The second-order valence-corrected chi connectivity index (χ2v) is 10.0. The summed E-state index contributed by atoms with van der Waals surface area (Å²) in [5.41, 5.74) is 3.49. The third-order valence-electron chi connectivity index (χ3n) is 5.49. The van der Waals surface area contributed by atoms with Crippen LogP contribution in [0.25, 0.3) is 10.2 Å². The van der Waals surface area contributed by atoms with Gasteiger partial charge in [-0.2, -0.15) is 0 Å². The molecule has 1 amide bonds. The third kappa shape index (κ3) is 5.35. The lowest BCUT2D eigenvalue weighted by Gasteiger charge is -2.31. The van der Waals surface area contributed by atoms with Crippen LogP contribution in [-0.4, -0.2) is 40.7 Å². The van der Waals surface area contributed by atoms with E-state index in [2.05, 4.69) is 61.3 Å². The molecule has 4 nitrogen and oxygen atoms in total. The Morgan fingerprint density at radius 2 is 1.93 bits per heavy atom. The summed E-state index contributed by atoms with van der Waals surface area (Å²) >= 11 is 3.43. The summed E-state index contributed by atoms with van der Waals surface area (Å²) in [5, 5.41) is 0.747. The fourth-order valence-corrected chi connectivity index (χ4v) is 5.50. The SMILES string of the molecule is Cc1ccc(SCCCC(=O)N2CCC(Oc3nc4c(C)cccc4s3)CC2)cc1. The van der Waals surface area contributed by atoms with Crippen molar-refractivity contribution in [3.8, 4) is 5.19 Å². The Kier molecular flexibility index (Phi) is 6.95. The number of nitrogens with zero attached hydrogens (tertiary/aromatic N) is 2. The first kappa shape index (κ1) is 21.2. The molecular formula is C24H28N2O2S2. The second-order valence-electron chi connectivity index (χ2n) is 7.86. The van der Waals surface area contributed by atoms with Gasteiger partial charge in [0.1, 0.15) is 6.10 Å². The lowest BCUT2D eigenvalue weighted by atomic mass is 10.1. The van der Waals surface area contributed by atoms with Crippen LogP contribution in [0.3, 0.4) is 0 Å². The van der Waals surface area contributed by atoms with Gasteiger partial charge in [0.15, 0.2) is 0 Å². The number of ether oxygens (including phenoxy) is 1. The summed E-state index contributed by atoms with van der Waals surface area (Å²) < 4.78 is 7.31. The van der Waals surface area contributed by atoms with Gasteiger partial charge in [-0.1, -0.05) is 41.2 Å². The Morgan fingerprint density at radius 1 is 1.17 bits per heavy atom. The van der Waals surface area contributed by atoms with Crippen LogP contribution in [0.2, 0.25) is 0 Å². The summed E-state index contributed by atoms with van der Waals surface area (Å²) in [6, 6.07) is 14.8. The summed E-state index contributed by atoms with van der Waals surface area (Å²) in [4.78, 5) is 20.5. The molecule has 1 aliphatic rings. The molecule has 1 fully saturated rings. The van der Waals surface area contributed by atoms with Crippen molar-refractivity contribution in [1.29, 1.82) is 0 Å². The zero-order valence-electron chi connectivity index (χ0n) is 17.6. The number of hydrogen-bond donors (Lipinski definition) is 0. The van der Waals surface area contributed by atoms with E-state index in [0.717, 1.165) is 48.8 Å². The van der Waals surface area contributed by atoms with Crippen molar-refractivity contribution in [2.24, 2.45) is 0 Å². The molecule has 0 unspecified atom stereocenters. The molecule has 1 saturated heterocycles. The number of carbonyl (C=O) groups excluding carboxylic acids is 1. The van der Waals surface area contributed by atoms with Gasteiger partial charge in [0.2, 0.25) is 5.91 Å². The molecule has 0 radical (unpaired) electrons. The normalized spacial score (nSPS) is 14.9. The number of aromatic nitrogens is 1. The van der Waals surface area contributed by atoms with E-state index in [-0.39, 0.29) is 12.0 Å². The van der Waals surface area contributed by atoms with E-state index in [0.29, 0.717) is 6.42 Å². The lowest BCUT2D eigenvalue weighted by molar-refractivity contribution is -0.133. The van der Waals surface area contributed by atoms with Crippen molar-refractivity contribution in [3.63, 3.8) is 0 Å². The minimum atomic E-state index is 0.145. The van der Waals surface area contributed by atoms with Crippen molar-refractivity contribution in [2.75, 3.05) is 18.8 Å². The quantitative estimate of drug-likeness (QED) is 0.341. The highest BCUT2D eigenvalue weighted by molar-refractivity contribution is 7.99. The molecule has 30 heavy (non-hydrogen) atoms. The largest absolute Gasteiger partial charge is 0.467 e. The summed E-state index contributed by atoms with van der Waals surface area (Å²) in [6.45, 7) is 5.73. The molecule has 0 aliphatic carbocycles. The van der Waals surface area contributed by atoms with Gasteiger partial charge in [-0.15, -0.1) is 11.8 Å². The molecule has 1 aromatic heterocycles. The first-order valence-electron chi connectivity index (χ1n) is 10.6. The molecule has 2 heterocycles. The molecule has 0 spiro atoms. The van der Waals surface area contributed by atoms with Crippen LogP contribution in [0.5, 0.6) is 5.19 Å². The molecule has 6 heteroatoms. The fraction of sp³-hybridized carbons (Fsp3) is 0.417. The van der Waals surface area contributed by atoms with Crippen LogP contribution in [0.15, 0.2) is 47.4 Å². The van der Waals surface area contributed by atoms with Gasteiger partial charge in [-0.05, 0) is 49.8 Å². The molecule has 0 atom stereocenters. The minimum Gasteiger partial charge on any atom is -0.467 e. The lowest BCUT2D eigenvalue weighted by Crippen LogP contribution is -2.41. The Bertz CT molecular complexity index is 992. The number of para-hydroxylation sites is 1. The van der Waals surface area contributed by atoms with Crippen molar-refractivity contribution >= 4 is 39.2 Å². The van der Waals surface area contributed by atoms with Crippen LogP contribution in [0.1, 0.15) is 36.8 Å². The van der Waals surface area contributed by atoms with E-state index in [1.165, 1.54) is 20.7 Å². The number of likely N-dealkylation sites (tertiary alicyclic amines) is 1. The zero-order chi connectivity index (χ0) is 20.9. The van der Waals surface area contributed by atoms with Crippen molar-refractivity contribution in [2.45, 2.75) is 50.5 Å². The number of carbonyl (C=O) groups is 1. The maximum absolute atomic E-state index is 12.5. The van der Waals surface area contributed by atoms with Gasteiger partial charge in [0.05, 0.1) is 10.2 Å². The average Bonchev–Trinajstić information content (AvgIpc) is 3.17. The smallest absolute Gasteiger partial charge is 0.274 e. The number of amides is 1. The Hall–Kier alpha value is -2.05. The van der Waals surface area contributed by atoms with Gasteiger partial charge in [0, 0.05) is 37.2 Å². The monoisotopic (exact) mass is 440 g/mol. The minimum absolute atomic E-state index is 0.145. The van der Waals surface area contributed by atoms with Gasteiger partial charge in [-0.3, -0.25) is 4.79 Å². The molecule has 1 aliphatic heterocycles. The molecule has 3 aromatic rings. The summed E-state index contributed by atoms with van der Waals surface area (Å²) in [5.74, 6) is 1.25. The fourth-order valence-electron chi connectivity index (χ4n) is 3.69. The van der Waals surface area contributed by atoms with E-state index in [1.807, 2.05) is 16.7 Å². The van der Waals surface area contributed by atoms with Gasteiger partial charge in [0.25, 0.3) is 5.19 Å². The number of hydrogen-bond acceptors (Lipinski definition) is 5. The molecular weight excluding hydrogens is 412 g/mol. The Labute approximate surface area is 186 Å². The number of thiazole rings is 1. The first-order valence-corrected chi connectivity index (χ1v) is 12.4. The number of thioether (sulfide) groups is 1. The predicted octanol–water partition coefficient (Wildman–Crippen LogP) is 5.86. The number of fused-ring (bicyclic) bond motifs is 1. The maximum atomic E-state index is 12.5. The highest BCUT2D eigenvalue weighted by Crippen LogP contribution is 2.31. The third-order valence-corrected chi connectivity index (χ3v) is 7.50. The molecule has 4 rings (SSSR count). The van der Waals surface area contributed by atoms with Crippen LogP contribution < -0.4 is 4.74 Å².